The summed E-state index contributed by atoms with van der Waals surface area (Å²) in [6, 6.07) is 0. The van der Waals surface area contributed by atoms with Gasteiger partial charge in [-0.05, 0) is 19.3 Å². The van der Waals surface area contributed by atoms with Crippen LogP contribution in [0, 0.1) is 5.92 Å². The van der Waals surface area contributed by atoms with Crippen LogP contribution in [0.2, 0.25) is 0 Å². The van der Waals surface area contributed by atoms with E-state index in [1.54, 1.807) is 14.2 Å². The third kappa shape index (κ3) is 3.76. The molecule has 5 heteroatoms. The molecule has 1 atom stereocenters. The van der Waals surface area contributed by atoms with Gasteiger partial charge in [-0.1, -0.05) is 13.8 Å². The number of ether oxygens (including phenoxy) is 2. The van der Waals surface area contributed by atoms with Gasteiger partial charge in [0.1, 0.15) is 6.33 Å². The number of aromatic nitrogens is 2. The Balaban J connectivity index is 2.83. The minimum absolute atomic E-state index is 0.100. The van der Waals surface area contributed by atoms with Crippen molar-refractivity contribution in [1.29, 1.82) is 0 Å². The second-order valence-electron chi connectivity index (χ2n) is 4.37. The molecule has 17 heavy (non-hydrogen) atoms. The Kier molecular flexibility index (Phi) is 5.00. The van der Waals surface area contributed by atoms with Gasteiger partial charge in [-0.3, -0.25) is 0 Å². The largest absolute Gasteiger partial charge is 0.489 e. The van der Waals surface area contributed by atoms with Crippen LogP contribution in [-0.4, -0.2) is 30.2 Å². The minimum Gasteiger partial charge on any atom is -0.489 e. The first-order valence-electron chi connectivity index (χ1n) is 5.81. The molecule has 0 saturated carbocycles. The Labute approximate surface area is 103 Å². The molecule has 0 bridgehead atoms. The second kappa shape index (κ2) is 6.27. The molecule has 0 aliphatic heterocycles. The molecule has 1 aromatic rings. The molecule has 0 fully saturated rings. The lowest BCUT2D eigenvalue weighted by Gasteiger charge is -2.18. The zero-order chi connectivity index (χ0) is 12.8. The lowest BCUT2D eigenvalue weighted by atomic mass is 10.1. The van der Waals surface area contributed by atoms with Gasteiger partial charge in [0.25, 0.3) is 5.88 Å². The first-order valence-corrected chi connectivity index (χ1v) is 5.81. The predicted octanol–water partition coefficient (Wildman–Crippen LogP) is 2.34. The monoisotopic (exact) mass is 239 g/mol. The van der Waals surface area contributed by atoms with Crippen LogP contribution in [0.4, 0.5) is 5.82 Å². The van der Waals surface area contributed by atoms with Crippen LogP contribution in [0.3, 0.4) is 0 Å². The first-order chi connectivity index (χ1) is 8.08. The van der Waals surface area contributed by atoms with Crippen molar-refractivity contribution in [2.45, 2.75) is 33.3 Å². The summed E-state index contributed by atoms with van der Waals surface area (Å²) >= 11 is 0. The van der Waals surface area contributed by atoms with Gasteiger partial charge in [-0.15, -0.1) is 0 Å². The van der Waals surface area contributed by atoms with Crippen LogP contribution < -0.4 is 14.8 Å². The summed E-state index contributed by atoms with van der Waals surface area (Å²) < 4.78 is 11.0. The van der Waals surface area contributed by atoms with Gasteiger partial charge in [0.2, 0.25) is 5.75 Å². The summed E-state index contributed by atoms with van der Waals surface area (Å²) in [6.45, 7) is 6.35. The van der Waals surface area contributed by atoms with E-state index in [2.05, 4.69) is 29.1 Å². The molecule has 0 aliphatic carbocycles. The van der Waals surface area contributed by atoms with E-state index in [4.69, 9.17) is 9.47 Å². The summed E-state index contributed by atoms with van der Waals surface area (Å²) in [5.74, 6) is 2.25. The van der Waals surface area contributed by atoms with E-state index in [-0.39, 0.29) is 6.10 Å². The number of nitrogens with one attached hydrogen (secondary N) is 1. The van der Waals surface area contributed by atoms with Crippen molar-refractivity contribution < 1.29 is 9.47 Å². The molecule has 5 nitrogen and oxygen atoms in total. The lowest BCUT2D eigenvalue weighted by molar-refractivity contribution is 0.177. The van der Waals surface area contributed by atoms with Gasteiger partial charge < -0.3 is 14.8 Å². The highest BCUT2D eigenvalue weighted by atomic mass is 16.5. The number of hydrogen-bond donors (Lipinski definition) is 1. The fourth-order valence-electron chi connectivity index (χ4n) is 1.71. The summed E-state index contributed by atoms with van der Waals surface area (Å²) in [6.07, 6.45) is 2.54. The van der Waals surface area contributed by atoms with Crippen LogP contribution in [0.25, 0.3) is 0 Å². The number of anilines is 1. The standard InChI is InChI=1S/C12H21N3O2/c1-8(2)6-9(3)17-12-10(16-5)11(13-4)14-7-15-12/h7-9H,6H2,1-5H3,(H,13,14,15). The molecule has 0 saturated heterocycles. The number of hydrogen-bond acceptors (Lipinski definition) is 5. The number of rotatable bonds is 6. The summed E-state index contributed by atoms with van der Waals surface area (Å²) in [7, 11) is 3.37. The van der Waals surface area contributed by atoms with Crippen molar-refractivity contribution in [3.05, 3.63) is 6.33 Å². The van der Waals surface area contributed by atoms with Crippen molar-refractivity contribution >= 4 is 5.82 Å². The Morgan fingerprint density at radius 3 is 2.53 bits per heavy atom. The smallest absolute Gasteiger partial charge is 0.262 e. The van der Waals surface area contributed by atoms with E-state index in [1.807, 2.05) is 6.92 Å². The molecule has 0 aliphatic rings. The van der Waals surface area contributed by atoms with E-state index in [0.29, 0.717) is 23.4 Å². The minimum atomic E-state index is 0.100. The SMILES string of the molecule is CNc1ncnc(OC(C)CC(C)C)c1OC. The molecule has 96 valence electrons. The van der Waals surface area contributed by atoms with E-state index in [9.17, 15) is 0 Å². The summed E-state index contributed by atoms with van der Waals surface area (Å²) in [5, 5.41) is 2.94. The van der Waals surface area contributed by atoms with Crippen molar-refractivity contribution in [3.8, 4) is 11.6 Å². The van der Waals surface area contributed by atoms with E-state index in [1.165, 1.54) is 6.33 Å². The van der Waals surface area contributed by atoms with Gasteiger partial charge in [-0.2, -0.15) is 4.98 Å². The van der Waals surface area contributed by atoms with Gasteiger partial charge in [0.05, 0.1) is 13.2 Å². The fraction of sp³-hybridized carbons (Fsp3) is 0.667. The van der Waals surface area contributed by atoms with Crippen molar-refractivity contribution in [2.24, 2.45) is 5.92 Å². The van der Waals surface area contributed by atoms with Crippen LogP contribution in [0.15, 0.2) is 6.33 Å². The number of nitrogens with zero attached hydrogens (tertiary/aromatic N) is 2. The van der Waals surface area contributed by atoms with Gasteiger partial charge in [-0.25, -0.2) is 4.98 Å². The summed E-state index contributed by atoms with van der Waals surface area (Å²) in [4.78, 5) is 8.18. The van der Waals surface area contributed by atoms with Crippen LogP contribution in [0.1, 0.15) is 27.2 Å². The quantitative estimate of drug-likeness (QED) is 0.825. The third-order valence-corrected chi connectivity index (χ3v) is 2.33. The van der Waals surface area contributed by atoms with Gasteiger partial charge >= 0.3 is 0 Å². The topological polar surface area (TPSA) is 56.3 Å². The normalized spacial score (nSPS) is 12.4. The maximum Gasteiger partial charge on any atom is 0.262 e. The molecule has 1 unspecified atom stereocenters. The van der Waals surface area contributed by atoms with Crippen LogP contribution in [0.5, 0.6) is 11.6 Å². The molecule has 0 radical (unpaired) electrons. The van der Waals surface area contributed by atoms with Crippen molar-refractivity contribution in [2.75, 3.05) is 19.5 Å². The first kappa shape index (κ1) is 13.5. The molecule has 0 spiro atoms. The highest BCUT2D eigenvalue weighted by molar-refractivity contribution is 5.54. The third-order valence-electron chi connectivity index (χ3n) is 2.33. The predicted molar refractivity (Wildman–Crippen MR) is 67.7 cm³/mol. The van der Waals surface area contributed by atoms with Crippen molar-refractivity contribution in [1.82, 2.24) is 9.97 Å². The maximum atomic E-state index is 5.77. The Hall–Kier alpha value is -1.52. The average molecular weight is 239 g/mol. The Morgan fingerprint density at radius 2 is 2.00 bits per heavy atom. The Bertz CT molecular complexity index is 356. The highest BCUT2D eigenvalue weighted by Crippen LogP contribution is 2.31. The molecule has 0 amide bonds. The molecule has 1 N–H and O–H groups in total. The van der Waals surface area contributed by atoms with Crippen LogP contribution >= 0.6 is 0 Å². The Morgan fingerprint density at radius 1 is 1.29 bits per heavy atom. The molecule has 1 heterocycles. The molecule has 1 rings (SSSR count). The van der Waals surface area contributed by atoms with Crippen LogP contribution in [-0.2, 0) is 0 Å². The van der Waals surface area contributed by atoms with E-state index >= 15 is 0 Å². The molecule has 1 aromatic heterocycles. The number of methoxy groups -OCH3 is 1. The fourth-order valence-corrected chi connectivity index (χ4v) is 1.71. The summed E-state index contributed by atoms with van der Waals surface area (Å²) in [5.41, 5.74) is 0. The maximum absolute atomic E-state index is 5.77. The highest BCUT2D eigenvalue weighted by Gasteiger charge is 2.15. The second-order valence-corrected chi connectivity index (χ2v) is 4.37. The zero-order valence-electron chi connectivity index (χ0n) is 11.2. The van der Waals surface area contributed by atoms with E-state index < -0.39 is 0 Å². The van der Waals surface area contributed by atoms with Gasteiger partial charge in [0, 0.05) is 7.05 Å². The lowest BCUT2D eigenvalue weighted by Crippen LogP contribution is -2.16. The molecule has 0 aromatic carbocycles. The van der Waals surface area contributed by atoms with E-state index in [0.717, 1.165) is 6.42 Å². The van der Waals surface area contributed by atoms with Crippen molar-refractivity contribution in [3.63, 3.8) is 0 Å². The van der Waals surface area contributed by atoms with Gasteiger partial charge in [0.15, 0.2) is 5.82 Å². The average Bonchev–Trinajstić information content (AvgIpc) is 2.27. The molecular formula is C12H21N3O2. The zero-order valence-corrected chi connectivity index (χ0v) is 11.2. The molecular weight excluding hydrogens is 218 g/mol.